The van der Waals surface area contributed by atoms with Crippen LogP contribution in [0.2, 0.25) is 0 Å². The number of rotatable bonds is 4. The largest absolute Gasteiger partial charge is 0.441 e. The normalized spacial score (nSPS) is 27.4. The first-order chi connectivity index (χ1) is 6.97. The smallest absolute Gasteiger partial charge is 0.410 e. The van der Waals surface area contributed by atoms with Crippen molar-refractivity contribution in [3.8, 4) is 0 Å². The lowest BCUT2D eigenvalue weighted by atomic mass is 10.0. The van der Waals surface area contributed by atoms with Gasteiger partial charge in [-0.25, -0.2) is 4.79 Å². The molecule has 88 valence electrons. The molecule has 15 heavy (non-hydrogen) atoms. The molecule has 0 bridgehead atoms. The average Bonchev–Trinajstić information content (AvgIpc) is 2.56. The Morgan fingerprint density at radius 1 is 1.53 bits per heavy atom. The van der Waals surface area contributed by atoms with E-state index in [1.807, 2.05) is 0 Å². The van der Waals surface area contributed by atoms with Crippen LogP contribution in [0.5, 0.6) is 0 Å². The van der Waals surface area contributed by atoms with E-state index in [9.17, 15) is 15.0 Å². The molecule has 1 amide bonds. The molecular formula is C8H15NO6. The summed E-state index contributed by atoms with van der Waals surface area (Å²) in [5.74, 6) is 0. The molecule has 0 aliphatic carbocycles. The van der Waals surface area contributed by atoms with Gasteiger partial charge in [0.2, 0.25) is 0 Å². The van der Waals surface area contributed by atoms with Gasteiger partial charge in [-0.05, 0) is 0 Å². The minimum atomic E-state index is -1.54. The van der Waals surface area contributed by atoms with E-state index in [1.54, 1.807) is 0 Å². The summed E-state index contributed by atoms with van der Waals surface area (Å²) in [7, 11) is 1.49. The van der Waals surface area contributed by atoms with Crippen LogP contribution in [0.15, 0.2) is 0 Å². The topological polar surface area (TPSA) is 110 Å². The van der Waals surface area contributed by atoms with Gasteiger partial charge in [0.05, 0.1) is 13.2 Å². The van der Waals surface area contributed by atoms with Crippen LogP contribution in [-0.4, -0.2) is 76.0 Å². The van der Waals surface area contributed by atoms with Crippen molar-refractivity contribution in [2.45, 2.75) is 24.4 Å². The molecule has 1 saturated heterocycles. The summed E-state index contributed by atoms with van der Waals surface area (Å²) in [6.07, 6.45) is -5.90. The van der Waals surface area contributed by atoms with Gasteiger partial charge in [-0.15, -0.1) is 0 Å². The van der Waals surface area contributed by atoms with Gasteiger partial charge in [-0.3, -0.25) is 0 Å². The minimum Gasteiger partial charge on any atom is -0.441 e. The van der Waals surface area contributed by atoms with Crippen molar-refractivity contribution in [3.05, 3.63) is 0 Å². The second-order valence-electron chi connectivity index (χ2n) is 3.53. The Balaban J connectivity index is 2.54. The van der Waals surface area contributed by atoms with Gasteiger partial charge >= 0.3 is 6.09 Å². The van der Waals surface area contributed by atoms with Gasteiger partial charge in [-0.2, -0.15) is 0 Å². The predicted octanol–water partition coefficient (Wildman–Crippen LogP) is -2.49. The van der Waals surface area contributed by atoms with Crippen LogP contribution in [-0.2, 0) is 4.74 Å². The summed E-state index contributed by atoms with van der Waals surface area (Å²) in [6.45, 7) is -0.538. The zero-order valence-electron chi connectivity index (χ0n) is 8.28. The van der Waals surface area contributed by atoms with E-state index in [2.05, 4.69) is 0 Å². The fourth-order valence-electron chi connectivity index (χ4n) is 1.33. The van der Waals surface area contributed by atoms with E-state index in [4.69, 9.17) is 14.9 Å². The number of amides is 1. The van der Waals surface area contributed by atoms with Crippen molar-refractivity contribution in [2.75, 3.05) is 20.2 Å². The molecule has 1 fully saturated rings. The van der Waals surface area contributed by atoms with E-state index >= 15 is 0 Å². The first kappa shape index (κ1) is 12.2. The van der Waals surface area contributed by atoms with Crippen molar-refractivity contribution in [1.82, 2.24) is 4.90 Å². The Bertz CT molecular complexity index is 235. The molecule has 7 heteroatoms. The van der Waals surface area contributed by atoms with Crippen molar-refractivity contribution in [1.29, 1.82) is 0 Å². The maximum absolute atomic E-state index is 11.0. The maximum Gasteiger partial charge on any atom is 0.410 e. The molecule has 1 aliphatic rings. The third-order valence-electron chi connectivity index (χ3n) is 2.33. The second-order valence-corrected chi connectivity index (χ2v) is 3.53. The summed E-state index contributed by atoms with van der Waals surface area (Å²) >= 11 is 0. The van der Waals surface area contributed by atoms with Crippen LogP contribution in [0, 0.1) is 0 Å². The number of cyclic esters (lactones) is 1. The highest BCUT2D eigenvalue weighted by Gasteiger charge is 2.39. The van der Waals surface area contributed by atoms with Crippen molar-refractivity contribution < 1.29 is 30.0 Å². The van der Waals surface area contributed by atoms with Crippen LogP contribution >= 0.6 is 0 Å². The lowest BCUT2D eigenvalue weighted by Gasteiger charge is -2.24. The third-order valence-corrected chi connectivity index (χ3v) is 2.33. The van der Waals surface area contributed by atoms with E-state index < -0.39 is 37.1 Å². The molecule has 0 radical (unpaired) electrons. The van der Waals surface area contributed by atoms with Gasteiger partial charge < -0.3 is 30.1 Å². The Morgan fingerprint density at radius 3 is 2.53 bits per heavy atom. The molecule has 4 atom stereocenters. The lowest BCUT2D eigenvalue weighted by molar-refractivity contribution is -0.107. The molecule has 4 N–H and O–H groups in total. The van der Waals surface area contributed by atoms with E-state index in [0.717, 1.165) is 0 Å². The van der Waals surface area contributed by atoms with Crippen LogP contribution in [0.3, 0.4) is 0 Å². The van der Waals surface area contributed by atoms with Crippen LogP contribution in [0.4, 0.5) is 4.79 Å². The zero-order valence-corrected chi connectivity index (χ0v) is 8.28. The Morgan fingerprint density at radius 2 is 2.13 bits per heavy atom. The molecule has 1 heterocycles. The van der Waals surface area contributed by atoms with Gasteiger partial charge in [0.25, 0.3) is 0 Å². The number of carbonyl (C=O) groups excluding carboxylic acids is 1. The minimum absolute atomic E-state index is 0.134. The van der Waals surface area contributed by atoms with E-state index in [0.29, 0.717) is 0 Å². The molecule has 0 aromatic heterocycles. The molecule has 1 aliphatic heterocycles. The van der Waals surface area contributed by atoms with Gasteiger partial charge in [-0.1, -0.05) is 0 Å². The highest BCUT2D eigenvalue weighted by Crippen LogP contribution is 2.16. The highest BCUT2D eigenvalue weighted by atomic mass is 16.6. The van der Waals surface area contributed by atoms with Crippen molar-refractivity contribution in [2.24, 2.45) is 0 Å². The monoisotopic (exact) mass is 221 g/mol. The van der Waals surface area contributed by atoms with E-state index in [1.165, 1.54) is 11.9 Å². The summed E-state index contributed by atoms with van der Waals surface area (Å²) < 4.78 is 4.74. The fraction of sp³-hybridized carbons (Fsp3) is 0.875. The highest BCUT2D eigenvalue weighted by molar-refractivity contribution is 5.69. The molecule has 0 aromatic carbocycles. The molecule has 0 aromatic rings. The first-order valence-electron chi connectivity index (χ1n) is 4.54. The number of ether oxygens (including phenoxy) is 1. The van der Waals surface area contributed by atoms with Crippen molar-refractivity contribution in [3.63, 3.8) is 0 Å². The maximum atomic E-state index is 11.0. The number of aliphatic hydroxyl groups is 4. The van der Waals surface area contributed by atoms with Crippen LogP contribution < -0.4 is 0 Å². The standard InChI is InChI=1S/C8H15NO6/c1-9-2-5(15-8(9)14)7(13)6(12)4(11)3-10/h4-7,10-13H,2-3H2,1H3. The number of hydrogen-bond donors (Lipinski definition) is 4. The SMILES string of the molecule is CN1CC(C(O)C(O)C(O)CO)OC1=O. The summed E-state index contributed by atoms with van der Waals surface area (Å²) in [6, 6.07) is 0. The summed E-state index contributed by atoms with van der Waals surface area (Å²) in [5, 5.41) is 36.5. The number of likely N-dealkylation sites (N-methyl/N-ethyl adjacent to an activating group) is 1. The fourth-order valence-corrected chi connectivity index (χ4v) is 1.33. The average molecular weight is 221 g/mol. The van der Waals surface area contributed by atoms with Crippen LogP contribution in [0.1, 0.15) is 0 Å². The van der Waals surface area contributed by atoms with Gasteiger partial charge in [0.1, 0.15) is 24.4 Å². The molecule has 0 saturated carbocycles. The molecule has 1 rings (SSSR count). The Labute approximate surface area is 86.5 Å². The zero-order chi connectivity index (χ0) is 11.6. The second kappa shape index (κ2) is 4.75. The first-order valence-corrected chi connectivity index (χ1v) is 4.54. The van der Waals surface area contributed by atoms with Gasteiger partial charge in [0, 0.05) is 7.05 Å². The number of nitrogens with zero attached hydrogens (tertiary/aromatic N) is 1. The summed E-state index contributed by atoms with van der Waals surface area (Å²) in [4.78, 5) is 12.2. The predicted molar refractivity (Wildman–Crippen MR) is 48.0 cm³/mol. The van der Waals surface area contributed by atoms with Crippen LogP contribution in [0.25, 0.3) is 0 Å². The Hall–Kier alpha value is -0.890. The number of carbonyl (C=O) groups is 1. The molecule has 4 unspecified atom stereocenters. The summed E-state index contributed by atoms with van der Waals surface area (Å²) in [5.41, 5.74) is 0. The van der Waals surface area contributed by atoms with Crippen molar-refractivity contribution >= 4 is 6.09 Å². The number of hydrogen-bond acceptors (Lipinski definition) is 6. The lowest BCUT2D eigenvalue weighted by Crippen LogP contribution is -2.47. The quantitative estimate of drug-likeness (QED) is 0.418. The Kier molecular flexibility index (Phi) is 3.86. The molecular weight excluding hydrogens is 206 g/mol. The third kappa shape index (κ3) is 2.57. The number of aliphatic hydroxyl groups excluding tert-OH is 4. The van der Waals surface area contributed by atoms with Gasteiger partial charge in [0.15, 0.2) is 0 Å². The van der Waals surface area contributed by atoms with E-state index in [-0.39, 0.29) is 6.54 Å². The molecule has 7 nitrogen and oxygen atoms in total. The molecule has 0 spiro atoms.